The van der Waals surface area contributed by atoms with Crippen LogP contribution in [0.15, 0.2) is 140 Å². The lowest BCUT2D eigenvalue weighted by Gasteiger charge is -2.09. The second kappa shape index (κ2) is 10.0. The number of rotatable bonds is 5. The lowest BCUT2D eigenvalue weighted by molar-refractivity contribution is 1.48. The molecule has 2 aromatic heterocycles. The molecule has 0 atom stereocenters. The molecule has 0 saturated carbocycles. The topological polar surface area (TPSA) is 24.9 Å². The molecule has 0 fully saturated rings. The summed E-state index contributed by atoms with van der Waals surface area (Å²) in [5.41, 5.74) is 9.28. The van der Waals surface area contributed by atoms with Crippen molar-refractivity contribution in [1.82, 2.24) is 4.98 Å². The van der Waals surface area contributed by atoms with Gasteiger partial charge < -0.3 is 5.32 Å². The van der Waals surface area contributed by atoms with Crippen LogP contribution < -0.4 is 5.32 Å². The van der Waals surface area contributed by atoms with Crippen LogP contribution in [0.5, 0.6) is 0 Å². The van der Waals surface area contributed by atoms with Crippen LogP contribution in [0.4, 0.5) is 11.4 Å². The van der Waals surface area contributed by atoms with E-state index in [0.29, 0.717) is 0 Å². The van der Waals surface area contributed by atoms with Gasteiger partial charge in [0.2, 0.25) is 0 Å². The first-order chi connectivity index (χ1) is 20.3. The van der Waals surface area contributed by atoms with Gasteiger partial charge in [0.25, 0.3) is 0 Å². The zero-order valence-corrected chi connectivity index (χ0v) is 23.7. The molecule has 2 heterocycles. The number of benzene rings is 6. The molecule has 0 spiro atoms. The average Bonchev–Trinajstić information content (AvgIpc) is 3.62. The Morgan fingerprint density at radius 1 is 0.415 bits per heavy atom. The van der Waals surface area contributed by atoms with E-state index >= 15 is 0 Å². The summed E-state index contributed by atoms with van der Waals surface area (Å²) in [4.78, 5) is 4.94. The molecule has 8 aromatic rings. The molecule has 8 rings (SSSR count). The summed E-state index contributed by atoms with van der Waals surface area (Å²) in [6.07, 6.45) is 0. The highest BCUT2D eigenvalue weighted by Crippen LogP contribution is 2.41. The molecule has 0 unspecified atom stereocenters. The molecular weight excluding hydrogens is 537 g/mol. The summed E-state index contributed by atoms with van der Waals surface area (Å²) >= 11 is 3.61. The summed E-state index contributed by atoms with van der Waals surface area (Å²) < 4.78 is 3.82. The van der Waals surface area contributed by atoms with Crippen molar-refractivity contribution in [2.45, 2.75) is 0 Å². The summed E-state index contributed by atoms with van der Waals surface area (Å²) in [5, 5.41) is 7.22. The number of nitrogens with one attached hydrogen (secondary N) is 1. The fraction of sp³-hybridized carbons (Fsp3) is 0. The zero-order chi connectivity index (χ0) is 27.2. The molecule has 6 aromatic carbocycles. The number of fused-ring (bicyclic) bond motifs is 4. The number of hydrogen-bond acceptors (Lipinski definition) is 4. The quantitative estimate of drug-likeness (QED) is 0.226. The molecule has 0 saturated heterocycles. The SMILES string of the molecule is c1ccc(-c2ccc(Nc3ccc(-c4ccc5sc6cc7nc(-c8ccccc8)sc7cc6c5c4)cc3)cc2)cc1. The molecule has 4 heteroatoms. The fourth-order valence-corrected chi connectivity index (χ4v) is 7.46. The first-order valence-corrected chi connectivity index (χ1v) is 15.3. The number of nitrogens with zero attached hydrogens (tertiary/aromatic N) is 1. The van der Waals surface area contributed by atoms with E-state index in [4.69, 9.17) is 4.98 Å². The highest BCUT2D eigenvalue weighted by molar-refractivity contribution is 7.26. The maximum Gasteiger partial charge on any atom is 0.124 e. The van der Waals surface area contributed by atoms with E-state index < -0.39 is 0 Å². The third-order valence-corrected chi connectivity index (χ3v) is 9.70. The van der Waals surface area contributed by atoms with E-state index in [2.05, 4.69) is 133 Å². The van der Waals surface area contributed by atoms with Gasteiger partial charge in [-0.25, -0.2) is 4.98 Å². The smallest absolute Gasteiger partial charge is 0.124 e. The van der Waals surface area contributed by atoms with E-state index in [0.717, 1.165) is 21.9 Å². The zero-order valence-electron chi connectivity index (χ0n) is 22.0. The van der Waals surface area contributed by atoms with E-state index in [1.54, 1.807) is 11.3 Å². The van der Waals surface area contributed by atoms with Crippen molar-refractivity contribution in [2.24, 2.45) is 0 Å². The van der Waals surface area contributed by atoms with Gasteiger partial charge in [0, 0.05) is 37.1 Å². The predicted octanol–water partition coefficient (Wildman–Crippen LogP) is 11.4. The van der Waals surface area contributed by atoms with Crippen LogP contribution in [-0.4, -0.2) is 4.98 Å². The summed E-state index contributed by atoms with van der Waals surface area (Å²) in [5.74, 6) is 0. The van der Waals surface area contributed by atoms with Crippen LogP contribution in [0, 0.1) is 0 Å². The molecule has 194 valence electrons. The minimum Gasteiger partial charge on any atom is -0.356 e. The molecule has 41 heavy (non-hydrogen) atoms. The van der Waals surface area contributed by atoms with E-state index in [1.165, 1.54) is 52.7 Å². The van der Waals surface area contributed by atoms with E-state index in [9.17, 15) is 0 Å². The number of hydrogen-bond donors (Lipinski definition) is 1. The Labute approximate surface area is 246 Å². The number of anilines is 2. The van der Waals surface area contributed by atoms with Crippen LogP contribution in [0.1, 0.15) is 0 Å². The Kier molecular flexibility index (Phi) is 5.87. The Morgan fingerprint density at radius 2 is 0.976 bits per heavy atom. The lowest BCUT2D eigenvalue weighted by atomic mass is 10.0. The summed E-state index contributed by atoms with van der Waals surface area (Å²) in [6.45, 7) is 0. The van der Waals surface area contributed by atoms with Crippen molar-refractivity contribution in [2.75, 3.05) is 5.32 Å². The molecule has 0 radical (unpaired) electrons. The largest absolute Gasteiger partial charge is 0.356 e. The van der Waals surface area contributed by atoms with Crippen molar-refractivity contribution in [3.63, 3.8) is 0 Å². The van der Waals surface area contributed by atoms with Gasteiger partial charge in [0.1, 0.15) is 5.01 Å². The maximum atomic E-state index is 4.94. The Hall–Kier alpha value is -4.77. The molecule has 0 aliphatic rings. The third kappa shape index (κ3) is 4.57. The summed E-state index contributed by atoms with van der Waals surface area (Å²) in [7, 11) is 0. The maximum absolute atomic E-state index is 4.94. The highest BCUT2D eigenvalue weighted by atomic mass is 32.1. The normalized spacial score (nSPS) is 11.4. The monoisotopic (exact) mass is 560 g/mol. The van der Waals surface area contributed by atoms with Crippen molar-refractivity contribution in [3.05, 3.63) is 140 Å². The molecule has 1 N–H and O–H groups in total. The van der Waals surface area contributed by atoms with Gasteiger partial charge in [0.05, 0.1) is 10.2 Å². The molecule has 2 nitrogen and oxygen atoms in total. The second-order valence-electron chi connectivity index (χ2n) is 10.2. The average molecular weight is 561 g/mol. The van der Waals surface area contributed by atoms with Crippen LogP contribution in [0.2, 0.25) is 0 Å². The van der Waals surface area contributed by atoms with Crippen LogP contribution in [-0.2, 0) is 0 Å². The van der Waals surface area contributed by atoms with Crippen molar-refractivity contribution in [3.8, 4) is 32.8 Å². The van der Waals surface area contributed by atoms with Gasteiger partial charge in [-0.15, -0.1) is 22.7 Å². The van der Waals surface area contributed by atoms with Crippen LogP contribution in [0.25, 0.3) is 63.2 Å². The van der Waals surface area contributed by atoms with Crippen molar-refractivity contribution < 1.29 is 0 Å². The molecule has 0 aliphatic heterocycles. The van der Waals surface area contributed by atoms with Crippen molar-refractivity contribution >= 4 is 64.4 Å². The van der Waals surface area contributed by atoms with Gasteiger partial charge >= 0.3 is 0 Å². The number of aromatic nitrogens is 1. The van der Waals surface area contributed by atoms with Gasteiger partial charge in [-0.2, -0.15) is 0 Å². The second-order valence-corrected chi connectivity index (χ2v) is 12.3. The molecule has 0 bridgehead atoms. The van der Waals surface area contributed by atoms with Gasteiger partial charge in [0.15, 0.2) is 0 Å². The van der Waals surface area contributed by atoms with Crippen LogP contribution >= 0.6 is 22.7 Å². The van der Waals surface area contributed by atoms with Gasteiger partial charge in [-0.3, -0.25) is 0 Å². The minimum absolute atomic E-state index is 1.07. The standard InChI is InChI=1S/C37H24N2S2/c1-3-7-24(8-4-1)25-11-16-29(17-12-25)38-30-18-13-26(14-19-30)28-15-20-34-31(21-28)32-22-36-33(23-35(32)40-34)39-37(41-36)27-9-5-2-6-10-27/h1-23,38H. The Balaban J connectivity index is 1.07. The van der Waals surface area contributed by atoms with Gasteiger partial charge in [-0.1, -0.05) is 91.0 Å². The number of thiazole rings is 1. The van der Waals surface area contributed by atoms with E-state index in [-0.39, 0.29) is 0 Å². The molecule has 0 amide bonds. The predicted molar refractivity (Wildman–Crippen MR) is 179 cm³/mol. The first-order valence-electron chi connectivity index (χ1n) is 13.6. The first kappa shape index (κ1) is 24.1. The minimum atomic E-state index is 1.07. The van der Waals surface area contributed by atoms with Crippen molar-refractivity contribution in [1.29, 1.82) is 0 Å². The Morgan fingerprint density at radius 3 is 1.66 bits per heavy atom. The number of thiophene rings is 1. The van der Waals surface area contributed by atoms with Gasteiger partial charge in [-0.05, 0) is 70.8 Å². The Bertz CT molecular complexity index is 2140. The highest BCUT2D eigenvalue weighted by Gasteiger charge is 2.12. The fourth-order valence-electron chi connectivity index (χ4n) is 5.37. The molecular formula is C37H24N2S2. The van der Waals surface area contributed by atoms with E-state index in [1.807, 2.05) is 23.5 Å². The third-order valence-electron chi connectivity index (χ3n) is 7.50. The lowest BCUT2D eigenvalue weighted by Crippen LogP contribution is -1.90. The molecule has 0 aliphatic carbocycles. The summed E-state index contributed by atoms with van der Waals surface area (Å²) in [6, 6.07) is 49.6. The van der Waals surface area contributed by atoms with Crippen LogP contribution in [0.3, 0.4) is 0 Å².